The van der Waals surface area contributed by atoms with E-state index in [1.165, 1.54) is 0 Å². The molecular weight excluding hydrogens is 196 g/mol. The molecule has 0 aromatic carbocycles. The van der Waals surface area contributed by atoms with Gasteiger partial charge in [-0.2, -0.15) is 0 Å². The maximum Gasteiger partial charge on any atom is 0.307 e. The Morgan fingerprint density at radius 3 is 3.07 bits per heavy atom. The lowest BCUT2D eigenvalue weighted by molar-refractivity contribution is -0.144. The molecule has 1 unspecified atom stereocenters. The van der Waals surface area contributed by atoms with E-state index < -0.39 is 0 Å². The van der Waals surface area contributed by atoms with Crippen molar-refractivity contribution in [1.82, 2.24) is 4.90 Å². The summed E-state index contributed by atoms with van der Waals surface area (Å²) in [5.74, 6) is -0.310. The Balaban J connectivity index is 2.31. The fraction of sp³-hybridized carbons (Fsp3) is 0.800. The Bertz CT molecular complexity index is 243. The number of hydrogen-bond acceptors (Lipinski definition) is 4. The first-order valence-corrected chi connectivity index (χ1v) is 5.35. The fourth-order valence-electron chi connectivity index (χ4n) is 1.65. The lowest BCUT2D eigenvalue weighted by Crippen LogP contribution is -2.48. The molecule has 0 aromatic heterocycles. The zero-order valence-electron chi connectivity index (χ0n) is 9.07. The van der Waals surface area contributed by atoms with Gasteiger partial charge in [0, 0.05) is 13.1 Å². The van der Waals surface area contributed by atoms with Crippen LogP contribution in [0, 0.1) is 0 Å². The maximum absolute atomic E-state index is 11.5. The van der Waals surface area contributed by atoms with Crippen molar-refractivity contribution in [2.75, 3.05) is 19.7 Å². The number of ether oxygens (including phenoxy) is 1. The second-order valence-electron chi connectivity index (χ2n) is 3.63. The minimum Gasteiger partial charge on any atom is -0.466 e. The van der Waals surface area contributed by atoms with Gasteiger partial charge in [-0.1, -0.05) is 0 Å². The summed E-state index contributed by atoms with van der Waals surface area (Å²) in [6, 6.07) is -0.388. The van der Waals surface area contributed by atoms with Crippen LogP contribution in [-0.4, -0.2) is 42.5 Å². The van der Waals surface area contributed by atoms with E-state index in [4.69, 9.17) is 10.5 Å². The molecule has 5 nitrogen and oxygen atoms in total. The number of amides is 1. The van der Waals surface area contributed by atoms with Gasteiger partial charge in [0.1, 0.15) is 0 Å². The molecule has 1 aliphatic heterocycles. The first-order valence-electron chi connectivity index (χ1n) is 5.35. The number of nitrogens with zero attached hydrogens (tertiary/aromatic N) is 1. The molecule has 2 N–H and O–H groups in total. The van der Waals surface area contributed by atoms with Crippen LogP contribution in [0.5, 0.6) is 0 Å². The number of likely N-dealkylation sites (tertiary alicyclic amines) is 1. The Morgan fingerprint density at radius 1 is 1.67 bits per heavy atom. The number of rotatable bonds is 4. The molecule has 86 valence electrons. The van der Waals surface area contributed by atoms with Crippen molar-refractivity contribution in [2.24, 2.45) is 5.73 Å². The van der Waals surface area contributed by atoms with Gasteiger partial charge < -0.3 is 15.4 Å². The van der Waals surface area contributed by atoms with Crippen molar-refractivity contribution in [1.29, 1.82) is 0 Å². The first-order chi connectivity index (χ1) is 7.15. The summed E-state index contributed by atoms with van der Waals surface area (Å²) < 4.78 is 4.79. The largest absolute Gasteiger partial charge is 0.466 e. The summed E-state index contributed by atoms with van der Waals surface area (Å²) in [5, 5.41) is 0. The zero-order valence-corrected chi connectivity index (χ0v) is 9.07. The second kappa shape index (κ2) is 5.70. The fourth-order valence-corrected chi connectivity index (χ4v) is 1.65. The third-order valence-electron chi connectivity index (χ3n) is 2.46. The van der Waals surface area contributed by atoms with Crippen LogP contribution in [-0.2, 0) is 14.3 Å². The molecule has 15 heavy (non-hydrogen) atoms. The predicted molar refractivity (Wildman–Crippen MR) is 55.0 cm³/mol. The van der Waals surface area contributed by atoms with Gasteiger partial charge in [0.25, 0.3) is 0 Å². The molecule has 0 spiro atoms. The van der Waals surface area contributed by atoms with Gasteiger partial charge in [0.15, 0.2) is 0 Å². The van der Waals surface area contributed by atoms with E-state index in [-0.39, 0.29) is 24.3 Å². The van der Waals surface area contributed by atoms with Crippen LogP contribution >= 0.6 is 0 Å². The van der Waals surface area contributed by atoms with Gasteiger partial charge in [0.05, 0.1) is 19.1 Å². The summed E-state index contributed by atoms with van der Waals surface area (Å²) in [7, 11) is 0. The molecular formula is C10H18N2O3. The third-order valence-corrected chi connectivity index (χ3v) is 2.46. The molecule has 1 fully saturated rings. The van der Waals surface area contributed by atoms with Gasteiger partial charge in [-0.3, -0.25) is 9.59 Å². The molecule has 0 bridgehead atoms. The second-order valence-corrected chi connectivity index (χ2v) is 3.63. The molecule has 1 heterocycles. The van der Waals surface area contributed by atoms with E-state index in [0.717, 1.165) is 12.8 Å². The Labute approximate surface area is 89.6 Å². The monoisotopic (exact) mass is 214 g/mol. The van der Waals surface area contributed by atoms with Gasteiger partial charge in [0.2, 0.25) is 5.91 Å². The number of carbonyl (C=O) groups excluding carboxylic acids is 2. The lowest BCUT2D eigenvalue weighted by Gasteiger charge is -2.30. The maximum atomic E-state index is 11.5. The van der Waals surface area contributed by atoms with Crippen LogP contribution in [0.2, 0.25) is 0 Å². The van der Waals surface area contributed by atoms with Crippen molar-refractivity contribution in [3.8, 4) is 0 Å². The van der Waals surface area contributed by atoms with E-state index in [1.54, 1.807) is 11.8 Å². The quantitative estimate of drug-likeness (QED) is 0.663. The van der Waals surface area contributed by atoms with Crippen molar-refractivity contribution in [3.63, 3.8) is 0 Å². The normalized spacial score (nSPS) is 21.6. The van der Waals surface area contributed by atoms with E-state index >= 15 is 0 Å². The molecule has 0 aromatic rings. The van der Waals surface area contributed by atoms with E-state index in [2.05, 4.69) is 0 Å². The van der Waals surface area contributed by atoms with Crippen molar-refractivity contribution in [2.45, 2.75) is 32.2 Å². The Morgan fingerprint density at radius 2 is 2.40 bits per heavy atom. The van der Waals surface area contributed by atoms with Gasteiger partial charge >= 0.3 is 5.97 Å². The van der Waals surface area contributed by atoms with Crippen molar-refractivity contribution >= 4 is 11.9 Å². The Hall–Kier alpha value is -1.10. The highest BCUT2D eigenvalue weighted by molar-refractivity contribution is 5.82. The molecule has 1 amide bonds. The number of piperidine rings is 1. The average Bonchev–Trinajstić information content (AvgIpc) is 2.21. The number of hydrogen-bond donors (Lipinski definition) is 1. The highest BCUT2D eigenvalue weighted by Gasteiger charge is 2.25. The van der Waals surface area contributed by atoms with E-state index in [9.17, 15) is 9.59 Å². The number of carbonyl (C=O) groups is 2. The number of nitrogens with two attached hydrogens (primary N) is 1. The molecule has 1 saturated heterocycles. The lowest BCUT2D eigenvalue weighted by atomic mass is 10.1. The molecule has 1 rings (SSSR count). The molecule has 0 aliphatic carbocycles. The van der Waals surface area contributed by atoms with Gasteiger partial charge in [-0.05, 0) is 19.8 Å². The van der Waals surface area contributed by atoms with Crippen LogP contribution < -0.4 is 5.73 Å². The standard InChI is InChI=1S/C10H18N2O3/c1-2-15-9(13)5-7-12-6-3-4-8(11)10(12)14/h8H,2-7,11H2,1H3. The van der Waals surface area contributed by atoms with Crippen molar-refractivity contribution in [3.05, 3.63) is 0 Å². The first kappa shape index (κ1) is 12.0. The summed E-state index contributed by atoms with van der Waals surface area (Å²) in [6.45, 7) is 3.27. The SMILES string of the molecule is CCOC(=O)CCN1CCCC(N)C1=O. The summed E-state index contributed by atoms with van der Waals surface area (Å²) in [5.41, 5.74) is 5.63. The third kappa shape index (κ3) is 3.51. The minimum atomic E-state index is -0.388. The van der Waals surface area contributed by atoms with Crippen LogP contribution in [0.25, 0.3) is 0 Å². The summed E-state index contributed by atoms with van der Waals surface area (Å²) >= 11 is 0. The zero-order chi connectivity index (χ0) is 11.3. The number of esters is 1. The van der Waals surface area contributed by atoms with Crippen LogP contribution in [0.1, 0.15) is 26.2 Å². The van der Waals surface area contributed by atoms with Crippen LogP contribution in [0.15, 0.2) is 0 Å². The molecule has 1 aliphatic rings. The molecule has 5 heteroatoms. The summed E-state index contributed by atoms with van der Waals surface area (Å²) in [6.07, 6.45) is 1.91. The summed E-state index contributed by atoms with van der Waals surface area (Å²) in [4.78, 5) is 24.3. The van der Waals surface area contributed by atoms with Crippen molar-refractivity contribution < 1.29 is 14.3 Å². The van der Waals surface area contributed by atoms with Gasteiger partial charge in [-0.15, -0.1) is 0 Å². The molecule has 1 atom stereocenters. The highest BCUT2D eigenvalue weighted by atomic mass is 16.5. The highest BCUT2D eigenvalue weighted by Crippen LogP contribution is 2.10. The minimum absolute atomic E-state index is 0.0504. The van der Waals surface area contributed by atoms with E-state index in [0.29, 0.717) is 19.7 Å². The molecule has 0 saturated carbocycles. The van der Waals surface area contributed by atoms with E-state index in [1.807, 2.05) is 0 Å². The van der Waals surface area contributed by atoms with Crippen LogP contribution in [0.3, 0.4) is 0 Å². The predicted octanol–water partition coefficient (Wildman–Crippen LogP) is -0.111. The topological polar surface area (TPSA) is 72.6 Å². The average molecular weight is 214 g/mol. The molecule has 0 radical (unpaired) electrons. The van der Waals surface area contributed by atoms with Gasteiger partial charge in [-0.25, -0.2) is 0 Å². The van der Waals surface area contributed by atoms with Crippen LogP contribution in [0.4, 0.5) is 0 Å². The smallest absolute Gasteiger partial charge is 0.307 e. The Kier molecular flexibility index (Phi) is 4.55.